The lowest BCUT2D eigenvalue weighted by Gasteiger charge is -2.17. The zero-order valence-corrected chi connectivity index (χ0v) is 11.4. The Bertz CT molecular complexity index is 643. The van der Waals surface area contributed by atoms with Crippen LogP contribution in [-0.4, -0.2) is 29.2 Å². The first-order valence-electron chi connectivity index (χ1n) is 6.22. The first kappa shape index (κ1) is 14.5. The molecule has 0 aliphatic carbocycles. The van der Waals surface area contributed by atoms with Crippen LogP contribution >= 0.6 is 0 Å². The molecule has 0 fully saturated rings. The van der Waals surface area contributed by atoms with Gasteiger partial charge in [0.2, 0.25) is 0 Å². The fourth-order valence-electron chi connectivity index (χ4n) is 1.73. The number of nitrogens with zero attached hydrogens (tertiary/aromatic N) is 2. The van der Waals surface area contributed by atoms with E-state index in [1.165, 1.54) is 25.4 Å². The Kier molecular flexibility index (Phi) is 4.50. The Balaban J connectivity index is 2.08. The van der Waals surface area contributed by atoms with Gasteiger partial charge >= 0.3 is 12.1 Å². The number of amides is 1. The van der Waals surface area contributed by atoms with Crippen LogP contribution in [0.1, 0.15) is 15.9 Å². The zero-order valence-electron chi connectivity index (χ0n) is 11.4. The van der Waals surface area contributed by atoms with Crippen LogP contribution in [0.3, 0.4) is 0 Å². The van der Waals surface area contributed by atoms with Gasteiger partial charge in [-0.15, -0.1) is 0 Å². The summed E-state index contributed by atoms with van der Waals surface area (Å²) >= 11 is 0. The SMILES string of the molecule is CN(C(=O)OCc1ccccc1)c1ncccc1C(=O)O. The summed E-state index contributed by atoms with van der Waals surface area (Å²) in [6.45, 7) is 0.110. The number of carbonyl (C=O) groups is 2. The normalized spacial score (nSPS) is 9.95. The number of hydrogen-bond donors (Lipinski definition) is 1. The molecule has 1 heterocycles. The molecule has 0 bridgehead atoms. The number of carboxylic acids is 1. The first-order chi connectivity index (χ1) is 10.1. The topological polar surface area (TPSA) is 79.7 Å². The highest BCUT2D eigenvalue weighted by Gasteiger charge is 2.20. The molecule has 0 saturated carbocycles. The molecule has 0 spiro atoms. The largest absolute Gasteiger partial charge is 0.478 e. The summed E-state index contributed by atoms with van der Waals surface area (Å²) < 4.78 is 5.13. The van der Waals surface area contributed by atoms with Crippen LogP contribution in [0.15, 0.2) is 48.7 Å². The summed E-state index contributed by atoms with van der Waals surface area (Å²) in [6, 6.07) is 12.1. The number of ether oxygens (including phenoxy) is 1. The maximum absolute atomic E-state index is 12.0. The van der Waals surface area contributed by atoms with Gasteiger partial charge in [0.1, 0.15) is 12.2 Å². The number of hydrogen-bond acceptors (Lipinski definition) is 4. The van der Waals surface area contributed by atoms with E-state index in [1.54, 1.807) is 0 Å². The molecule has 6 nitrogen and oxygen atoms in total. The van der Waals surface area contributed by atoms with Crippen LogP contribution in [0.4, 0.5) is 10.6 Å². The number of anilines is 1. The van der Waals surface area contributed by atoms with E-state index in [-0.39, 0.29) is 18.0 Å². The minimum absolute atomic E-state index is 0.0445. The van der Waals surface area contributed by atoms with Crippen molar-refractivity contribution in [3.05, 3.63) is 59.8 Å². The van der Waals surface area contributed by atoms with Gasteiger partial charge in [-0.1, -0.05) is 30.3 Å². The van der Waals surface area contributed by atoms with Gasteiger partial charge in [0.25, 0.3) is 0 Å². The lowest BCUT2D eigenvalue weighted by molar-refractivity contribution is 0.0697. The number of aromatic nitrogens is 1. The Morgan fingerprint density at radius 1 is 1.19 bits per heavy atom. The van der Waals surface area contributed by atoms with E-state index in [1.807, 2.05) is 30.3 Å². The van der Waals surface area contributed by atoms with Crippen LogP contribution in [0, 0.1) is 0 Å². The molecule has 108 valence electrons. The molecule has 0 saturated heterocycles. The fourth-order valence-corrected chi connectivity index (χ4v) is 1.73. The summed E-state index contributed by atoms with van der Waals surface area (Å²) in [5.74, 6) is -1.11. The Labute approximate surface area is 121 Å². The van der Waals surface area contributed by atoms with Crippen molar-refractivity contribution in [3.8, 4) is 0 Å². The summed E-state index contributed by atoms with van der Waals surface area (Å²) in [7, 11) is 1.42. The van der Waals surface area contributed by atoms with Crippen molar-refractivity contribution in [3.63, 3.8) is 0 Å². The molecule has 21 heavy (non-hydrogen) atoms. The predicted octanol–water partition coefficient (Wildman–Crippen LogP) is 2.55. The van der Waals surface area contributed by atoms with Crippen molar-refractivity contribution in [2.24, 2.45) is 0 Å². The highest BCUT2D eigenvalue weighted by Crippen LogP contribution is 2.17. The molecule has 0 aliphatic rings. The Morgan fingerprint density at radius 3 is 2.57 bits per heavy atom. The molecule has 6 heteroatoms. The van der Waals surface area contributed by atoms with Crippen LogP contribution in [0.5, 0.6) is 0 Å². The maximum atomic E-state index is 12.0. The van der Waals surface area contributed by atoms with E-state index in [9.17, 15) is 9.59 Å². The third kappa shape index (κ3) is 3.56. The molecule has 1 aromatic heterocycles. The zero-order chi connectivity index (χ0) is 15.2. The molecule has 0 atom stereocenters. The van der Waals surface area contributed by atoms with Crippen LogP contribution in [0.25, 0.3) is 0 Å². The monoisotopic (exact) mass is 286 g/mol. The average molecular weight is 286 g/mol. The lowest BCUT2D eigenvalue weighted by atomic mass is 10.2. The van der Waals surface area contributed by atoms with Crippen molar-refractivity contribution < 1.29 is 19.4 Å². The molecule has 1 aromatic carbocycles. The Morgan fingerprint density at radius 2 is 1.90 bits per heavy atom. The van der Waals surface area contributed by atoms with Gasteiger partial charge in [-0.3, -0.25) is 4.90 Å². The quantitative estimate of drug-likeness (QED) is 0.934. The molecular weight excluding hydrogens is 272 g/mol. The van der Waals surface area contributed by atoms with Crippen LogP contribution in [-0.2, 0) is 11.3 Å². The number of benzene rings is 1. The van der Waals surface area contributed by atoms with Crippen molar-refractivity contribution in [1.29, 1.82) is 0 Å². The Hall–Kier alpha value is -2.89. The second-order valence-corrected chi connectivity index (χ2v) is 4.28. The van der Waals surface area contributed by atoms with Gasteiger partial charge in [0, 0.05) is 13.2 Å². The summed E-state index contributed by atoms with van der Waals surface area (Å²) in [5.41, 5.74) is 0.787. The number of pyridine rings is 1. The van der Waals surface area contributed by atoms with Crippen molar-refractivity contribution >= 4 is 17.9 Å². The number of carboxylic acid groups (broad SMARTS) is 1. The highest BCUT2D eigenvalue weighted by molar-refractivity contribution is 5.98. The van der Waals surface area contributed by atoms with Gasteiger partial charge in [0.15, 0.2) is 5.82 Å². The fraction of sp³-hybridized carbons (Fsp3) is 0.133. The lowest BCUT2D eigenvalue weighted by Crippen LogP contribution is -2.29. The van der Waals surface area contributed by atoms with Crippen molar-refractivity contribution in [2.45, 2.75) is 6.61 Å². The average Bonchev–Trinajstić information content (AvgIpc) is 2.52. The molecule has 1 amide bonds. The van der Waals surface area contributed by atoms with E-state index in [2.05, 4.69) is 4.98 Å². The number of aromatic carboxylic acids is 1. The van der Waals surface area contributed by atoms with E-state index in [0.717, 1.165) is 10.5 Å². The molecule has 0 aliphatic heterocycles. The first-order valence-corrected chi connectivity index (χ1v) is 6.22. The van der Waals surface area contributed by atoms with Crippen LogP contribution < -0.4 is 4.90 Å². The molecule has 0 radical (unpaired) electrons. The molecule has 2 rings (SSSR count). The van der Waals surface area contributed by atoms with Crippen molar-refractivity contribution in [1.82, 2.24) is 4.98 Å². The maximum Gasteiger partial charge on any atom is 0.415 e. The third-order valence-corrected chi connectivity index (χ3v) is 2.81. The van der Waals surface area contributed by atoms with Gasteiger partial charge in [-0.05, 0) is 17.7 Å². The van der Waals surface area contributed by atoms with Gasteiger partial charge in [-0.2, -0.15) is 0 Å². The van der Waals surface area contributed by atoms with E-state index < -0.39 is 12.1 Å². The standard InChI is InChI=1S/C15H14N2O4/c1-17(13-12(14(18)19)8-5-9-16-13)15(20)21-10-11-6-3-2-4-7-11/h2-9H,10H2,1H3,(H,18,19). The molecular formula is C15H14N2O4. The summed E-state index contributed by atoms with van der Waals surface area (Å²) in [5, 5.41) is 9.09. The minimum atomic E-state index is -1.15. The number of rotatable bonds is 4. The second-order valence-electron chi connectivity index (χ2n) is 4.28. The van der Waals surface area contributed by atoms with Crippen LogP contribution in [0.2, 0.25) is 0 Å². The van der Waals surface area contributed by atoms with E-state index >= 15 is 0 Å². The van der Waals surface area contributed by atoms with Gasteiger partial charge in [-0.25, -0.2) is 14.6 Å². The number of carbonyl (C=O) groups excluding carboxylic acids is 1. The highest BCUT2D eigenvalue weighted by atomic mass is 16.6. The molecule has 2 aromatic rings. The summed E-state index contributed by atoms with van der Waals surface area (Å²) in [6.07, 6.45) is 0.753. The predicted molar refractivity (Wildman–Crippen MR) is 76.2 cm³/mol. The second kappa shape index (κ2) is 6.51. The third-order valence-electron chi connectivity index (χ3n) is 2.81. The van der Waals surface area contributed by atoms with E-state index in [0.29, 0.717) is 0 Å². The molecule has 0 unspecified atom stereocenters. The van der Waals surface area contributed by atoms with Gasteiger partial charge < -0.3 is 9.84 Å². The van der Waals surface area contributed by atoms with E-state index in [4.69, 9.17) is 9.84 Å². The molecule has 1 N–H and O–H groups in total. The smallest absolute Gasteiger partial charge is 0.415 e. The summed E-state index contributed by atoms with van der Waals surface area (Å²) in [4.78, 5) is 28.1. The minimum Gasteiger partial charge on any atom is -0.478 e. The van der Waals surface area contributed by atoms with Crippen molar-refractivity contribution in [2.75, 3.05) is 11.9 Å². The van der Waals surface area contributed by atoms with Gasteiger partial charge in [0.05, 0.1) is 0 Å².